The number of nitrogens with zero attached hydrogens (tertiary/aromatic N) is 2. The lowest BCUT2D eigenvalue weighted by molar-refractivity contribution is -0.633. The molecule has 3 nitrogen and oxygen atoms in total. The molecular weight excluding hydrogens is 660 g/mol. The maximum atomic E-state index is 14.9. The number of fused-ring (bicyclic) bond motifs is 4. The lowest BCUT2D eigenvalue weighted by Gasteiger charge is -2.21. The van der Waals surface area contributed by atoms with Gasteiger partial charge in [0.1, 0.15) is 16.8 Å². The highest BCUT2D eigenvalue weighted by molar-refractivity contribution is 6.10. The molecule has 8 rings (SSSR count). The Morgan fingerprint density at radius 1 is 0.615 bits per heavy atom. The van der Waals surface area contributed by atoms with Gasteiger partial charge in [-0.2, -0.15) is 4.57 Å². The Kier molecular flexibility index (Phi) is 8.05. The van der Waals surface area contributed by atoms with E-state index in [1.54, 1.807) is 6.07 Å². The topological polar surface area (TPSA) is 21.9 Å². The monoisotopic (exact) mass is 697 g/mol. The van der Waals surface area contributed by atoms with Gasteiger partial charge in [0, 0.05) is 28.0 Å². The van der Waals surface area contributed by atoms with Crippen LogP contribution in [0.1, 0.15) is 56.2 Å². The van der Waals surface area contributed by atoms with E-state index in [1.165, 1.54) is 23.3 Å². The summed E-state index contributed by atoms with van der Waals surface area (Å²) in [7, 11) is 2.06. The molecule has 52 heavy (non-hydrogen) atoms. The molecule has 0 aliphatic carbocycles. The first-order valence-corrected chi connectivity index (χ1v) is 17.5. The summed E-state index contributed by atoms with van der Waals surface area (Å²) in [6, 6.07) is 32.2. The van der Waals surface area contributed by atoms with E-state index in [9.17, 15) is 17.6 Å². The predicted octanol–water partition coefficient (Wildman–Crippen LogP) is 12.5. The lowest BCUT2D eigenvalue weighted by Crippen LogP contribution is -2.30. The zero-order valence-electron chi connectivity index (χ0n) is 29.8. The van der Waals surface area contributed by atoms with Gasteiger partial charge in [0.2, 0.25) is 0 Å². The van der Waals surface area contributed by atoms with Gasteiger partial charge in [-0.15, -0.1) is 0 Å². The summed E-state index contributed by atoms with van der Waals surface area (Å²) in [6.45, 7) is 10.9. The molecule has 8 aromatic rings. The molecule has 6 aromatic carbocycles. The molecule has 0 radical (unpaired) electrons. The molecule has 0 bridgehead atoms. The van der Waals surface area contributed by atoms with Crippen LogP contribution >= 0.6 is 0 Å². The van der Waals surface area contributed by atoms with Crippen LogP contribution in [0.3, 0.4) is 0 Å². The summed E-state index contributed by atoms with van der Waals surface area (Å²) >= 11 is 0. The first kappa shape index (κ1) is 33.5. The average molecular weight is 698 g/mol. The smallest absolute Gasteiger partial charge is 0.299 e. The molecule has 0 fully saturated rings. The second kappa shape index (κ2) is 12.5. The van der Waals surface area contributed by atoms with E-state index in [4.69, 9.17) is 4.42 Å². The van der Waals surface area contributed by atoms with Gasteiger partial charge in [-0.3, -0.25) is 0 Å². The molecule has 2 aromatic heterocycles. The average Bonchev–Trinajstić information content (AvgIpc) is 3.64. The fourth-order valence-electron chi connectivity index (χ4n) is 7.64. The van der Waals surface area contributed by atoms with Crippen molar-refractivity contribution in [3.8, 4) is 39.3 Å². The second-order valence-corrected chi connectivity index (χ2v) is 14.2. The summed E-state index contributed by atoms with van der Waals surface area (Å²) in [5.41, 5.74) is 9.87. The Bertz CT molecular complexity index is 2650. The van der Waals surface area contributed by atoms with Crippen molar-refractivity contribution < 1.29 is 26.5 Å². The number of imidazole rings is 1. The Morgan fingerprint density at radius 2 is 1.23 bits per heavy atom. The first-order valence-electron chi connectivity index (χ1n) is 17.5. The van der Waals surface area contributed by atoms with Gasteiger partial charge in [-0.25, -0.2) is 22.1 Å². The van der Waals surface area contributed by atoms with Crippen LogP contribution in [-0.2, 0) is 7.05 Å². The van der Waals surface area contributed by atoms with Crippen LogP contribution in [0.5, 0.6) is 0 Å². The Balaban J connectivity index is 1.46. The highest BCUT2D eigenvalue weighted by Gasteiger charge is 2.34. The summed E-state index contributed by atoms with van der Waals surface area (Å²) in [6.07, 6.45) is 0. The number of aryl methyl sites for hydroxylation is 2. The Morgan fingerprint density at radius 3 is 1.88 bits per heavy atom. The van der Waals surface area contributed by atoms with E-state index in [0.29, 0.717) is 16.6 Å². The molecule has 7 heteroatoms. The van der Waals surface area contributed by atoms with Crippen molar-refractivity contribution in [1.29, 1.82) is 0 Å². The number of rotatable bonds is 6. The van der Waals surface area contributed by atoms with E-state index in [2.05, 4.69) is 105 Å². The molecule has 0 atom stereocenters. The molecule has 260 valence electrons. The van der Waals surface area contributed by atoms with Crippen LogP contribution in [0.25, 0.3) is 72.3 Å². The molecule has 0 N–H and O–H groups in total. The number of aromatic nitrogens is 2. The third-order valence-electron chi connectivity index (χ3n) is 10.2. The number of hydrogen-bond donors (Lipinski definition) is 0. The van der Waals surface area contributed by atoms with Gasteiger partial charge in [0.05, 0.1) is 12.6 Å². The molecule has 0 spiro atoms. The predicted molar refractivity (Wildman–Crippen MR) is 201 cm³/mol. The Labute approximate surface area is 299 Å². The largest absolute Gasteiger partial charge is 0.455 e. The van der Waals surface area contributed by atoms with Gasteiger partial charge in [-0.1, -0.05) is 88.4 Å². The van der Waals surface area contributed by atoms with Crippen LogP contribution < -0.4 is 4.57 Å². The van der Waals surface area contributed by atoms with Crippen LogP contribution in [0, 0.1) is 30.2 Å². The quantitative estimate of drug-likeness (QED) is 0.0963. The molecule has 0 aliphatic rings. The Hall–Kier alpha value is -5.69. The molecule has 2 heterocycles. The standard InChI is InChI=1S/C45H37F4N2O/c1-24(2)32-20-29(27-12-8-7-9-13-27)21-33(25(3)4)43(32)51-37-15-11-10-14-36(37)50(6)45(51)39-26(5)16-18-31-30-19-17-28(22-38(30)52-44(31)39)40-41(48)34(46)23-35(47)42(40)49/h7-25H,1-6H3/q+1. The fraction of sp³-hybridized carbons (Fsp3) is 0.178. The lowest BCUT2D eigenvalue weighted by atomic mass is 9.88. The summed E-state index contributed by atoms with van der Waals surface area (Å²) in [4.78, 5) is 0. The molecule has 0 saturated carbocycles. The highest BCUT2D eigenvalue weighted by atomic mass is 19.2. The van der Waals surface area contributed by atoms with Crippen molar-refractivity contribution in [1.82, 2.24) is 4.57 Å². The number of benzene rings is 6. The maximum absolute atomic E-state index is 14.9. The number of para-hydroxylation sites is 2. The van der Waals surface area contributed by atoms with Crippen molar-refractivity contribution in [2.75, 3.05) is 0 Å². The normalized spacial score (nSPS) is 12.0. The highest BCUT2D eigenvalue weighted by Crippen LogP contribution is 2.44. The molecule has 0 amide bonds. The SMILES string of the molecule is Cc1ccc2c(oc3cc(-c4c(F)c(F)cc(F)c4F)ccc32)c1-c1n(-c2c(C(C)C)cc(-c3ccccc3)cc2C(C)C)c2ccccc2[n+]1C. The first-order chi connectivity index (χ1) is 25.0. The van der Waals surface area contributed by atoms with Crippen molar-refractivity contribution in [3.05, 3.63) is 143 Å². The zero-order valence-corrected chi connectivity index (χ0v) is 29.8. The molecule has 0 aliphatic heterocycles. The minimum absolute atomic E-state index is 0.0282. The molecule has 0 saturated heterocycles. The van der Waals surface area contributed by atoms with Gasteiger partial charge in [-0.05, 0) is 77.4 Å². The summed E-state index contributed by atoms with van der Waals surface area (Å²) in [5, 5.41) is 1.51. The van der Waals surface area contributed by atoms with Crippen LogP contribution in [0.4, 0.5) is 17.6 Å². The van der Waals surface area contributed by atoms with E-state index >= 15 is 0 Å². The summed E-state index contributed by atoms with van der Waals surface area (Å²) < 4.78 is 69.5. The number of halogens is 4. The number of hydrogen-bond acceptors (Lipinski definition) is 1. The van der Waals surface area contributed by atoms with E-state index in [1.807, 2.05) is 25.1 Å². The van der Waals surface area contributed by atoms with Crippen LogP contribution in [-0.4, -0.2) is 4.57 Å². The van der Waals surface area contributed by atoms with Crippen molar-refractivity contribution in [2.45, 2.75) is 46.5 Å². The van der Waals surface area contributed by atoms with Gasteiger partial charge in [0.25, 0.3) is 5.82 Å². The van der Waals surface area contributed by atoms with Crippen molar-refractivity contribution in [2.24, 2.45) is 7.05 Å². The maximum Gasteiger partial charge on any atom is 0.299 e. The van der Waals surface area contributed by atoms with Gasteiger partial charge < -0.3 is 4.42 Å². The van der Waals surface area contributed by atoms with Gasteiger partial charge in [0.15, 0.2) is 39.9 Å². The fourth-order valence-corrected chi connectivity index (χ4v) is 7.64. The third-order valence-corrected chi connectivity index (χ3v) is 10.2. The van der Waals surface area contributed by atoms with Crippen LogP contribution in [0.15, 0.2) is 108 Å². The zero-order chi connectivity index (χ0) is 36.6. The molecule has 0 unspecified atom stereocenters. The van der Waals surface area contributed by atoms with Crippen molar-refractivity contribution in [3.63, 3.8) is 0 Å². The number of furan rings is 1. The minimum atomic E-state index is -1.46. The second-order valence-electron chi connectivity index (χ2n) is 14.2. The van der Waals surface area contributed by atoms with Crippen molar-refractivity contribution >= 4 is 33.0 Å². The third kappa shape index (κ3) is 5.13. The van der Waals surface area contributed by atoms with E-state index < -0.39 is 28.8 Å². The van der Waals surface area contributed by atoms with Gasteiger partial charge >= 0.3 is 0 Å². The molecular formula is C45H37F4N2O+. The van der Waals surface area contributed by atoms with E-state index in [0.717, 1.165) is 50.2 Å². The van der Waals surface area contributed by atoms with Crippen LogP contribution in [0.2, 0.25) is 0 Å². The summed E-state index contributed by atoms with van der Waals surface area (Å²) in [5.74, 6) is -4.56. The van der Waals surface area contributed by atoms with E-state index in [-0.39, 0.29) is 23.5 Å². The minimum Gasteiger partial charge on any atom is -0.455 e.